The first-order valence-electron chi connectivity index (χ1n) is 8.14. The predicted molar refractivity (Wildman–Crippen MR) is 115 cm³/mol. The Morgan fingerprint density at radius 2 is 2.00 bits per heavy atom. The molecule has 1 heterocycles. The number of nitrogens with zero attached hydrogens (tertiary/aromatic N) is 1. The van der Waals surface area contributed by atoms with Crippen LogP contribution < -0.4 is 15.5 Å². The average Bonchev–Trinajstić information content (AvgIpc) is 3.01. The molecular weight excluding hydrogens is 402 g/mol. The van der Waals surface area contributed by atoms with Crippen molar-refractivity contribution in [2.24, 2.45) is 5.10 Å². The summed E-state index contributed by atoms with van der Waals surface area (Å²) in [6.45, 7) is 2.68. The van der Waals surface area contributed by atoms with E-state index in [0.717, 1.165) is 22.2 Å². The Hall–Kier alpha value is -2.48. The number of nitrogens with one attached hydrogen (secondary N) is 2. The van der Waals surface area contributed by atoms with Gasteiger partial charge in [0.1, 0.15) is 10.6 Å². The largest absolute Gasteiger partial charge is 0.422 e. The van der Waals surface area contributed by atoms with Crippen molar-refractivity contribution in [2.75, 3.05) is 6.54 Å². The third-order valence-corrected chi connectivity index (χ3v) is 5.42. The lowest BCUT2D eigenvalue weighted by atomic mass is 10.2. The number of benzene rings is 2. The van der Waals surface area contributed by atoms with Crippen LogP contribution >= 0.6 is 35.2 Å². The molecule has 3 rings (SSSR count). The summed E-state index contributed by atoms with van der Waals surface area (Å²) in [7, 11) is 0. The maximum absolute atomic E-state index is 12.4. The van der Waals surface area contributed by atoms with Crippen molar-refractivity contribution in [2.45, 2.75) is 6.92 Å². The lowest BCUT2D eigenvalue weighted by Crippen LogP contribution is -2.31. The van der Waals surface area contributed by atoms with Gasteiger partial charge in [0.25, 0.3) is 0 Å². The molecule has 5 nitrogen and oxygen atoms in total. The number of carbonyl (C=O) groups excluding carboxylic acids is 1. The van der Waals surface area contributed by atoms with Crippen molar-refractivity contribution in [3.8, 4) is 5.75 Å². The van der Waals surface area contributed by atoms with E-state index in [1.54, 1.807) is 30.5 Å². The minimum absolute atomic E-state index is 0.393. The van der Waals surface area contributed by atoms with Gasteiger partial charge in [-0.2, -0.15) is 5.10 Å². The first kappa shape index (κ1) is 19.3. The van der Waals surface area contributed by atoms with E-state index in [9.17, 15) is 4.79 Å². The zero-order valence-corrected chi connectivity index (χ0v) is 16.8. The molecule has 8 heteroatoms. The third kappa shape index (κ3) is 4.82. The summed E-state index contributed by atoms with van der Waals surface area (Å²) in [6.07, 6.45) is 1.62. The maximum Gasteiger partial charge on any atom is 0.355 e. The van der Waals surface area contributed by atoms with Gasteiger partial charge in [-0.25, -0.2) is 4.79 Å². The molecule has 0 amide bonds. The molecule has 1 aromatic heterocycles. The second-order valence-electron chi connectivity index (χ2n) is 5.43. The molecule has 0 atom stereocenters. The summed E-state index contributed by atoms with van der Waals surface area (Å²) in [5.74, 6) is -0.0397. The smallest absolute Gasteiger partial charge is 0.355 e. The van der Waals surface area contributed by atoms with Crippen molar-refractivity contribution in [3.05, 3.63) is 64.0 Å². The van der Waals surface area contributed by atoms with E-state index < -0.39 is 5.97 Å². The molecule has 138 valence electrons. The number of fused-ring (bicyclic) bond motifs is 1. The van der Waals surface area contributed by atoms with Crippen LogP contribution in [0.25, 0.3) is 10.1 Å². The number of halogens is 1. The Kier molecular flexibility index (Phi) is 6.39. The fraction of sp³-hybridized carbons (Fsp3) is 0.105. The van der Waals surface area contributed by atoms with Crippen LogP contribution in [-0.4, -0.2) is 23.8 Å². The van der Waals surface area contributed by atoms with E-state index in [4.69, 9.17) is 28.6 Å². The molecule has 27 heavy (non-hydrogen) atoms. The van der Waals surface area contributed by atoms with Gasteiger partial charge in [0.15, 0.2) is 5.11 Å². The van der Waals surface area contributed by atoms with Gasteiger partial charge in [0.2, 0.25) is 0 Å². The monoisotopic (exact) mass is 417 g/mol. The van der Waals surface area contributed by atoms with Gasteiger partial charge in [0, 0.05) is 16.6 Å². The minimum Gasteiger partial charge on any atom is -0.422 e. The molecule has 0 radical (unpaired) electrons. The number of hydrogen-bond acceptors (Lipinski definition) is 5. The van der Waals surface area contributed by atoms with Crippen LogP contribution in [0.5, 0.6) is 5.75 Å². The van der Waals surface area contributed by atoms with Crippen LogP contribution in [0.1, 0.15) is 22.2 Å². The molecular formula is C19H16ClN3O2S2. The molecule has 0 spiro atoms. The molecule has 0 saturated heterocycles. The Bertz CT molecular complexity index is 1000. The standard InChI is InChI=1S/C19H16ClN3O2S2/c1-2-21-19(26)23-22-11-12-7-9-13(10-8-12)25-18(24)17-16(20)14-5-3-4-6-15(14)27-17/h3-11H,2H2,1H3,(H2,21,23,26)/b22-11+. The van der Waals surface area contributed by atoms with E-state index >= 15 is 0 Å². The predicted octanol–water partition coefficient (Wildman–Crippen LogP) is 4.59. The summed E-state index contributed by atoms with van der Waals surface area (Å²) in [5.41, 5.74) is 3.55. The summed E-state index contributed by atoms with van der Waals surface area (Å²) in [5, 5.41) is 8.70. The Balaban J connectivity index is 1.65. The highest BCUT2D eigenvalue weighted by Gasteiger charge is 2.18. The van der Waals surface area contributed by atoms with Crippen LogP contribution in [0.4, 0.5) is 0 Å². The SMILES string of the molecule is CCNC(=S)N/N=C/c1ccc(OC(=O)c2sc3ccccc3c2Cl)cc1. The number of esters is 1. The Morgan fingerprint density at radius 1 is 1.26 bits per heavy atom. The van der Waals surface area contributed by atoms with E-state index in [-0.39, 0.29) is 0 Å². The molecule has 3 aromatic rings. The normalized spacial score (nSPS) is 10.9. The van der Waals surface area contributed by atoms with Gasteiger partial charge < -0.3 is 10.1 Å². The molecule has 0 aliphatic heterocycles. The number of hydrogen-bond donors (Lipinski definition) is 2. The second-order valence-corrected chi connectivity index (χ2v) is 7.27. The van der Waals surface area contributed by atoms with E-state index in [1.165, 1.54) is 11.3 Å². The molecule has 0 aliphatic carbocycles. The van der Waals surface area contributed by atoms with Gasteiger partial charge in [-0.15, -0.1) is 11.3 Å². The molecule has 0 fully saturated rings. The van der Waals surface area contributed by atoms with Gasteiger partial charge in [-0.05, 0) is 55.0 Å². The molecule has 0 aliphatic rings. The highest BCUT2D eigenvalue weighted by Crippen LogP contribution is 2.35. The number of thiophene rings is 1. The third-order valence-electron chi connectivity index (χ3n) is 3.53. The first-order valence-corrected chi connectivity index (χ1v) is 9.75. The van der Waals surface area contributed by atoms with Crippen molar-refractivity contribution in [1.29, 1.82) is 0 Å². The maximum atomic E-state index is 12.4. The van der Waals surface area contributed by atoms with Gasteiger partial charge in [-0.1, -0.05) is 29.8 Å². The quantitative estimate of drug-likeness (QED) is 0.209. The van der Waals surface area contributed by atoms with E-state index in [1.807, 2.05) is 31.2 Å². The highest BCUT2D eigenvalue weighted by atomic mass is 35.5. The topological polar surface area (TPSA) is 62.7 Å². The average molecular weight is 418 g/mol. The number of rotatable bonds is 5. The van der Waals surface area contributed by atoms with Crippen molar-refractivity contribution >= 4 is 62.5 Å². The first-order chi connectivity index (χ1) is 13.1. The summed E-state index contributed by atoms with van der Waals surface area (Å²) in [4.78, 5) is 12.8. The van der Waals surface area contributed by atoms with Gasteiger partial charge in [0.05, 0.1) is 11.2 Å². The number of carbonyl (C=O) groups is 1. The molecule has 0 saturated carbocycles. The lowest BCUT2D eigenvalue weighted by molar-refractivity contribution is 0.0740. The van der Waals surface area contributed by atoms with Crippen molar-refractivity contribution in [1.82, 2.24) is 10.7 Å². The zero-order valence-electron chi connectivity index (χ0n) is 14.4. The number of ether oxygens (including phenoxy) is 1. The van der Waals surface area contributed by atoms with Crippen LogP contribution in [0.2, 0.25) is 5.02 Å². The summed E-state index contributed by atoms with van der Waals surface area (Å²) >= 11 is 12.7. The Morgan fingerprint density at radius 3 is 2.70 bits per heavy atom. The van der Waals surface area contributed by atoms with Gasteiger partial charge in [-0.3, -0.25) is 5.43 Å². The Labute approximate surface area is 171 Å². The molecule has 2 aromatic carbocycles. The second kappa shape index (κ2) is 8.94. The fourth-order valence-corrected chi connectivity index (χ4v) is 3.87. The van der Waals surface area contributed by atoms with Gasteiger partial charge >= 0.3 is 5.97 Å². The van der Waals surface area contributed by atoms with Crippen LogP contribution in [-0.2, 0) is 0 Å². The van der Waals surface area contributed by atoms with Crippen LogP contribution in [0.15, 0.2) is 53.6 Å². The molecule has 0 unspecified atom stereocenters. The summed E-state index contributed by atoms with van der Waals surface area (Å²) in [6, 6.07) is 14.6. The van der Waals surface area contributed by atoms with E-state index in [2.05, 4.69) is 15.8 Å². The van der Waals surface area contributed by atoms with Crippen LogP contribution in [0.3, 0.4) is 0 Å². The number of hydrazone groups is 1. The minimum atomic E-state index is -0.472. The fourth-order valence-electron chi connectivity index (χ4n) is 2.29. The highest BCUT2D eigenvalue weighted by molar-refractivity contribution is 7.80. The van der Waals surface area contributed by atoms with Crippen molar-refractivity contribution < 1.29 is 9.53 Å². The van der Waals surface area contributed by atoms with E-state index in [0.29, 0.717) is 20.8 Å². The molecule has 2 N–H and O–H groups in total. The van der Waals surface area contributed by atoms with Crippen LogP contribution in [0, 0.1) is 0 Å². The molecule has 0 bridgehead atoms. The lowest BCUT2D eigenvalue weighted by Gasteiger charge is -2.04. The summed E-state index contributed by atoms with van der Waals surface area (Å²) < 4.78 is 6.38. The zero-order chi connectivity index (χ0) is 19.2. The van der Waals surface area contributed by atoms with Crippen molar-refractivity contribution in [3.63, 3.8) is 0 Å². The number of thiocarbonyl (C=S) groups is 1.